The highest BCUT2D eigenvalue weighted by Gasteiger charge is 2.49. The first-order valence-corrected chi connectivity index (χ1v) is 10.9. The minimum atomic E-state index is -1.89. The van der Waals surface area contributed by atoms with Gasteiger partial charge in [-0.1, -0.05) is 60.7 Å². The van der Waals surface area contributed by atoms with Crippen LogP contribution in [0.15, 0.2) is 84.9 Å². The van der Waals surface area contributed by atoms with E-state index >= 15 is 0 Å². The summed E-state index contributed by atoms with van der Waals surface area (Å²) in [4.78, 5) is 25.0. The summed E-state index contributed by atoms with van der Waals surface area (Å²) in [5, 5.41) is 34.7. The second-order valence-corrected chi connectivity index (χ2v) is 8.28. The molecule has 1 aliphatic heterocycles. The second-order valence-electron chi connectivity index (χ2n) is 8.28. The molecule has 4 rings (SSSR count). The lowest BCUT2D eigenvalue weighted by atomic mass is 9.96. The molecule has 1 saturated heterocycles. The number of rotatable bonds is 7. The molecule has 0 spiro atoms. The van der Waals surface area contributed by atoms with Crippen molar-refractivity contribution in [3.05, 3.63) is 96.1 Å². The summed E-state index contributed by atoms with van der Waals surface area (Å²) in [6.45, 7) is -0.918. The molecule has 34 heavy (non-hydrogen) atoms. The molecule has 8 heteroatoms. The lowest BCUT2D eigenvalue weighted by Crippen LogP contribution is -2.54. The van der Waals surface area contributed by atoms with Crippen LogP contribution in [0.3, 0.4) is 0 Å². The predicted molar refractivity (Wildman–Crippen MR) is 124 cm³/mol. The average Bonchev–Trinajstić information content (AvgIpc) is 3.16. The van der Waals surface area contributed by atoms with Gasteiger partial charge in [0.25, 0.3) is 11.8 Å². The smallest absolute Gasteiger partial charge is 0.277 e. The Bertz CT molecular complexity index is 1140. The first-order valence-electron chi connectivity index (χ1n) is 10.9. The summed E-state index contributed by atoms with van der Waals surface area (Å²) < 4.78 is 5.48. The van der Waals surface area contributed by atoms with Crippen molar-refractivity contribution in [2.75, 3.05) is 19.7 Å². The third-order valence-electron chi connectivity index (χ3n) is 5.82. The van der Waals surface area contributed by atoms with Crippen molar-refractivity contribution in [1.29, 1.82) is 0 Å². The SMILES string of the molecule is O=C(NC[C@H]1OC[C@@](O)(CN(O)C(=O)c2ccccc2)[C@@H]1O)c1cccc(-c2ccccc2)c1. The standard InChI is InChI=1S/C26H26N2O6/c29-23-22(34-17-26(23,32)16-28(33)25(31)19-10-5-2-6-11-19)15-27-24(30)21-13-7-12-20(14-21)18-8-3-1-4-9-18/h1-14,22-23,29,32-33H,15-17H2,(H,27,30)/t22-,23-,26+/m1/s1. The quantitative estimate of drug-likeness (QED) is 0.315. The van der Waals surface area contributed by atoms with Crippen LogP contribution in [0.2, 0.25) is 0 Å². The molecule has 8 nitrogen and oxygen atoms in total. The highest BCUT2D eigenvalue weighted by molar-refractivity contribution is 5.95. The highest BCUT2D eigenvalue weighted by Crippen LogP contribution is 2.26. The predicted octanol–water partition coefficient (Wildman–Crippen LogP) is 2.11. The number of aliphatic hydroxyl groups excluding tert-OH is 1. The molecule has 3 aromatic rings. The molecule has 3 atom stereocenters. The molecule has 0 radical (unpaired) electrons. The first-order chi connectivity index (χ1) is 16.4. The number of nitrogens with zero attached hydrogens (tertiary/aromatic N) is 1. The first kappa shape index (κ1) is 23.6. The summed E-state index contributed by atoms with van der Waals surface area (Å²) in [5.74, 6) is -1.07. The molecule has 0 aromatic heterocycles. The second kappa shape index (κ2) is 10.1. The molecule has 0 saturated carbocycles. The van der Waals surface area contributed by atoms with Crippen LogP contribution in [0, 0.1) is 0 Å². The summed E-state index contributed by atoms with van der Waals surface area (Å²) in [6.07, 6.45) is -2.34. The number of ether oxygens (including phenoxy) is 1. The van der Waals surface area contributed by atoms with Gasteiger partial charge in [0.1, 0.15) is 17.8 Å². The summed E-state index contributed by atoms with van der Waals surface area (Å²) in [5.41, 5.74) is 0.672. The molecule has 1 heterocycles. The Balaban J connectivity index is 1.35. The lowest BCUT2D eigenvalue weighted by molar-refractivity contribution is -0.133. The number of carbonyl (C=O) groups is 2. The van der Waals surface area contributed by atoms with Crippen LogP contribution < -0.4 is 5.32 Å². The van der Waals surface area contributed by atoms with Gasteiger partial charge in [-0.15, -0.1) is 0 Å². The zero-order chi connectivity index (χ0) is 24.1. The highest BCUT2D eigenvalue weighted by atomic mass is 16.5. The number of nitrogens with one attached hydrogen (secondary N) is 1. The van der Waals surface area contributed by atoms with Crippen molar-refractivity contribution < 1.29 is 29.7 Å². The molecular weight excluding hydrogens is 436 g/mol. The molecule has 1 aliphatic rings. The zero-order valence-corrected chi connectivity index (χ0v) is 18.4. The van der Waals surface area contributed by atoms with Gasteiger partial charge in [0, 0.05) is 17.7 Å². The van der Waals surface area contributed by atoms with Gasteiger partial charge in [0.2, 0.25) is 0 Å². The lowest BCUT2D eigenvalue weighted by Gasteiger charge is -2.29. The monoisotopic (exact) mass is 462 g/mol. The molecule has 4 N–H and O–H groups in total. The third-order valence-corrected chi connectivity index (χ3v) is 5.82. The Hall–Kier alpha value is -3.56. The normalized spacial score (nSPS) is 21.7. The number of hydrogen-bond donors (Lipinski definition) is 4. The van der Waals surface area contributed by atoms with Crippen molar-refractivity contribution >= 4 is 11.8 Å². The largest absolute Gasteiger partial charge is 0.387 e. The van der Waals surface area contributed by atoms with Gasteiger partial charge in [-0.2, -0.15) is 0 Å². The molecule has 3 aromatic carbocycles. The molecule has 176 valence electrons. The fourth-order valence-electron chi connectivity index (χ4n) is 3.91. The number of hydrogen-bond acceptors (Lipinski definition) is 6. The Labute approximate surface area is 197 Å². The van der Waals surface area contributed by atoms with E-state index in [1.807, 2.05) is 36.4 Å². The van der Waals surface area contributed by atoms with E-state index in [1.165, 1.54) is 12.1 Å². The maximum Gasteiger partial charge on any atom is 0.277 e. The molecule has 0 unspecified atom stereocenters. The number of hydroxylamine groups is 2. The van der Waals surface area contributed by atoms with Gasteiger partial charge in [-0.05, 0) is 35.4 Å². The van der Waals surface area contributed by atoms with Crippen molar-refractivity contribution in [1.82, 2.24) is 10.4 Å². The Morgan fingerprint density at radius 3 is 2.26 bits per heavy atom. The molecular formula is C26H26N2O6. The van der Waals surface area contributed by atoms with E-state index in [0.717, 1.165) is 11.1 Å². The van der Waals surface area contributed by atoms with E-state index in [9.17, 15) is 25.0 Å². The summed E-state index contributed by atoms with van der Waals surface area (Å²) in [6, 6.07) is 24.9. The van der Waals surface area contributed by atoms with E-state index in [0.29, 0.717) is 10.6 Å². The van der Waals surface area contributed by atoms with Crippen LogP contribution in [0.5, 0.6) is 0 Å². The average molecular weight is 463 g/mol. The van der Waals surface area contributed by atoms with Gasteiger partial charge in [-0.3, -0.25) is 14.8 Å². The Kier molecular flexibility index (Phi) is 7.04. The van der Waals surface area contributed by atoms with Crippen molar-refractivity contribution in [3.8, 4) is 11.1 Å². The van der Waals surface area contributed by atoms with E-state index in [1.54, 1.807) is 36.4 Å². The fourth-order valence-corrected chi connectivity index (χ4v) is 3.91. The topological polar surface area (TPSA) is 119 Å². The van der Waals surface area contributed by atoms with Gasteiger partial charge in [-0.25, -0.2) is 5.06 Å². The van der Waals surface area contributed by atoms with Crippen molar-refractivity contribution in [2.24, 2.45) is 0 Å². The minimum Gasteiger partial charge on any atom is -0.387 e. The van der Waals surface area contributed by atoms with Gasteiger partial charge >= 0.3 is 0 Å². The van der Waals surface area contributed by atoms with Gasteiger partial charge < -0.3 is 20.3 Å². The molecule has 0 bridgehead atoms. The molecule has 0 aliphatic carbocycles. The maximum absolute atomic E-state index is 12.7. The minimum absolute atomic E-state index is 0.0596. The van der Waals surface area contributed by atoms with E-state index in [4.69, 9.17) is 4.74 Å². The number of aliphatic hydroxyl groups is 2. The number of benzene rings is 3. The van der Waals surface area contributed by atoms with Crippen LogP contribution in [-0.2, 0) is 4.74 Å². The van der Waals surface area contributed by atoms with Crippen molar-refractivity contribution in [2.45, 2.75) is 17.8 Å². The maximum atomic E-state index is 12.7. The summed E-state index contributed by atoms with van der Waals surface area (Å²) >= 11 is 0. The van der Waals surface area contributed by atoms with Crippen LogP contribution in [0.25, 0.3) is 11.1 Å². The third kappa shape index (κ3) is 5.16. The van der Waals surface area contributed by atoms with Crippen LogP contribution in [-0.4, -0.2) is 69.8 Å². The number of carbonyl (C=O) groups excluding carboxylic acids is 2. The van der Waals surface area contributed by atoms with Crippen molar-refractivity contribution in [3.63, 3.8) is 0 Å². The van der Waals surface area contributed by atoms with Gasteiger partial charge in [0.15, 0.2) is 0 Å². The van der Waals surface area contributed by atoms with Crippen LogP contribution in [0.4, 0.5) is 0 Å². The molecule has 1 fully saturated rings. The van der Waals surface area contributed by atoms with Crippen LogP contribution >= 0.6 is 0 Å². The van der Waals surface area contributed by atoms with E-state index in [-0.39, 0.29) is 24.6 Å². The Morgan fingerprint density at radius 2 is 1.56 bits per heavy atom. The summed E-state index contributed by atoms with van der Waals surface area (Å²) in [7, 11) is 0. The van der Waals surface area contributed by atoms with Crippen LogP contribution in [0.1, 0.15) is 20.7 Å². The fraction of sp³-hybridized carbons (Fsp3) is 0.231. The van der Waals surface area contributed by atoms with E-state index in [2.05, 4.69) is 5.32 Å². The van der Waals surface area contributed by atoms with E-state index < -0.39 is 30.3 Å². The zero-order valence-electron chi connectivity index (χ0n) is 18.4. The Morgan fingerprint density at radius 1 is 0.941 bits per heavy atom. The van der Waals surface area contributed by atoms with Gasteiger partial charge in [0.05, 0.1) is 13.2 Å². The number of amides is 2. The molecule has 2 amide bonds.